The first kappa shape index (κ1) is 14.3. The van der Waals surface area contributed by atoms with Gasteiger partial charge in [-0.1, -0.05) is 34.1 Å². The van der Waals surface area contributed by atoms with Crippen molar-refractivity contribution < 1.29 is 13.5 Å². The van der Waals surface area contributed by atoms with Crippen molar-refractivity contribution in [1.82, 2.24) is 3.97 Å². The number of aliphatic hydroxyl groups is 1. The fourth-order valence-corrected chi connectivity index (χ4v) is 3.99. The van der Waals surface area contributed by atoms with Crippen LogP contribution in [0.1, 0.15) is 5.56 Å². The molecule has 0 amide bonds. The predicted octanol–water partition coefficient (Wildman–Crippen LogP) is 3.13. The number of aromatic nitrogens is 1. The molecule has 21 heavy (non-hydrogen) atoms. The summed E-state index contributed by atoms with van der Waals surface area (Å²) in [5.41, 5.74) is 1.17. The first-order chi connectivity index (χ1) is 10.0. The highest BCUT2D eigenvalue weighted by molar-refractivity contribution is 9.10. The van der Waals surface area contributed by atoms with Crippen molar-refractivity contribution in [1.29, 1.82) is 0 Å². The maximum absolute atomic E-state index is 12.8. The molecule has 0 radical (unpaired) electrons. The van der Waals surface area contributed by atoms with Crippen molar-refractivity contribution in [3.8, 4) is 0 Å². The third kappa shape index (κ3) is 2.39. The van der Waals surface area contributed by atoms with Gasteiger partial charge in [-0.3, -0.25) is 0 Å². The highest BCUT2D eigenvalue weighted by atomic mass is 79.9. The van der Waals surface area contributed by atoms with Gasteiger partial charge in [0.05, 0.1) is 17.0 Å². The number of para-hydroxylation sites is 1. The van der Waals surface area contributed by atoms with Gasteiger partial charge in [-0.25, -0.2) is 12.4 Å². The molecular weight excluding hydrogens is 354 g/mol. The fraction of sp³-hybridized carbons (Fsp3) is 0.0667. The molecule has 0 unspecified atom stereocenters. The molecule has 0 saturated carbocycles. The van der Waals surface area contributed by atoms with Crippen LogP contribution in [0.2, 0.25) is 0 Å². The molecule has 0 atom stereocenters. The Morgan fingerprint density at radius 1 is 1.10 bits per heavy atom. The molecule has 0 saturated heterocycles. The Kier molecular flexibility index (Phi) is 3.61. The summed E-state index contributed by atoms with van der Waals surface area (Å²) in [6.07, 6.45) is 1.54. The summed E-state index contributed by atoms with van der Waals surface area (Å²) in [6, 6.07) is 13.7. The number of hydrogen-bond donors (Lipinski definition) is 1. The third-order valence-corrected chi connectivity index (χ3v) is 5.77. The second-order valence-electron chi connectivity index (χ2n) is 4.59. The molecule has 4 nitrogen and oxygen atoms in total. The Balaban J connectivity index is 2.21. The van der Waals surface area contributed by atoms with Gasteiger partial charge >= 0.3 is 0 Å². The average Bonchev–Trinajstić information content (AvgIpc) is 2.92. The molecule has 0 fully saturated rings. The van der Waals surface area contributed by atoms with E-state index >= 15 is 0 Å². The second-order valence-corrected chi connectivity index (χ2v) is 7.26. The van der Waals surface area contributed by atoms with E-state index in [1.807, 2.05) is 12.1 Å². The number of nitrogens with zero attached hydrogens (tertiary/aromatic N) is 1. The van der Waals surface area contributed by atoms with Crippen molar-refractivity contribution in [2.45, 2.75) is 11.5 Å². The van der Waals surface area contributed by atoms with Gasteiger partial charge in [-0.05, 0) is 35.9 Å². The van der Waals surface area contributed by atoms with Crippen molar-refractivity contribution in [3.63, 3.8) is 0 Å². The Bertz CT molecular complexity index is 916. The normalized spacial score (nSPS) is 11.9. The number of aliphatic hydroxyl groups excluding tert-OH is 1. The zero-order chi connectivity index (χ0) is 15.0. The van der Waals surface area contributed by atoms with Gasteiger partial charge in [0, 0.05) is 16.1 Å². The van der Waals surface area contributed by atoms with E-state index in [2.05, 4.69) is 15.9 Å². The lowest BCUT2D eigenvalue weighted by Gasteiger charge is -2.09. The Hall–Kier alpha value is -1.63. The van der Waals surface area contributed by atoms with Gasteiger partial charge in [0.1, 0.15) is 0 Å². The largest absolute Gasteiger partial charge is 0.392 e. The molecule has 3 rings (SSSR count). The number of rotatable bonds is 3. The van der Waals surface area contributed by atoms with Gasteiger partial charge in [0.2, 0.25) is 0 Å². The Morgan fingerprint density at radius 2 is 1.86 bits per heavy atom. The van der Waals surface area contributed by atoms with Crippen LogP contribution in [-0.4, -0.2) is 17.5 Å². The zero-order valence-corrected chi connectivity index (χ0v) is 13.3. The van der Waals surface area contributed by atoms with Gasteiger partial charge in [0.25, 0.3) is 10.0 Å². The van der Waals surface area contributed by atoms with Crippen LogP contribution in [0.4, 0.5) is 0 Å². The van der Waals surface area contributed by atoms with E-state index in [-0.39, 0.29) is 11.5 Å². The molecule has 2 aromatic carbocycles. The summed E-state index contributed by atoms with van der Waals surface area (Å²) < 4.78 is 27.4. The van der Waals surface area contributed by atoms with Crippen molar-refractivity contribution in [2.24, 2.45) is 0 Å². The summed E-state index contributed by atoms with van der Waals surface area (Å²) in [7, 11) is -3.69. The molecule has 3 aromatic rings. The van der Waals surface area contributed by atoms with Crippen molar-refractivity contribution >= 4 is 36.9 Å². The maximum Gasteiger partial charge on any atom is 0.268 e. The van der Waals surface area contributed by atoms with Crippen LogP contribution in [0.15, 0.2) is 64.1 Å². The molecule has 6 heteroatoms. The first-order valence-corrected chi connectivity index (χ1v) is 8.48. The summed E-state index contributed by atoms with van der Waals surface area (Å²) in [6.45, 7) is -0.226. The highest BCUT2D eigenvalue weighted by Gasteiger charge is 2.19. The molecule has 1 aromatic heterocycles. The minimum Gasteiger partial charge on any atom is -0.392 e. The molecule has 0 spiro atoms. The van der Waals surface area contributed by atoms with Crippen molar-refractivity contribution in [3.05, 3.63) is 64.8 Å². The lowest BCUT2D eigenvalue weighted by molar-refractivity contribution is 0.281. The van der Waals surface area contributed by atoms with E-state index in [1.165, 1.54) is 16.1 Å². The number of halogens is 1. The maximum atomic E-state index is 12.8. The number of fused-ring (bicyclic) bond motifs is 1. The molecular formula is C15H12BrNO3S. The van der Waals surface area contributed by atoms with E-state index < -0.39 is 10.0 Å². The average molecular weight is 366 g/mol. The van der Waals surface area contributed by atoms with Crippen molar-refractivity contribution in [2.75, 3.05) is 0 Å². The molecule has 1 N–H and O–H groups in total. The minimum atomic E-state index is -3.69. The quantitative estimate of drug-likeness (QED) is 0.775. The van der Waals surface area contributed by atoms with Gasteiger partial charge in [-0.15, -0.1) is 0 Å². The van der Waals surface area contributed by atoms with Crippen LogP contribution in [0.25, 0.3) is 10.9 Å². The summed E-state index contributed by atoms with van der Waals surface area (Å²) in [5.74, 6) is 0. The van der Waals surface area contributed by atoms with Crippen LogP contribution in [0.5, 0.6) is 0 Å². The van der Waals surface area contributed by atoms with E-state index in [9.17, 15) is 13.5 Å². The van der Waals surface area contributed by atoms with E-state index in [0.717, 1.165) is 5.39 Å². The lowest BCUT2D eigenvalue weighted by Crippen LogP contribution is -2.12. The highest BCUT2D eigenvalue weighted by Crippen LogP contribution is 2.25. The van der Waals surface area contributed by atoms with Crippen LogP contribution >= 0.6 is 15.9 Å². The van der Waals surface area contributed by atoms with E-state index in [1.54, 1.807) is 30.5 Å². The summed E-state index contributed by atoms with van der Waals surface area (Å²) >= 11 is 3.28. The van der Waals surface area contributed by atoms with Gasteiger partial charge in [0.15, 0.2) is 0 Å². The lowest BCUT2D eigenvalue weighted by atomic mass is 10.2. The van der Waals surface area contributed by atoms with Crippen LogP contribution in [0, 0.1) is 0 Å². The number of hydrogen-bond acceptors (Lipinski definition) is 3. The fourth-order valence-electron chi connectivity index (χ4n) is 2.21. The van der Waals surface area contributed by atoms with Crippen LogP contribution < -0.4 is 0 Å². The van der Waals surface area contributed by atoms with E-state index in [0.29, 0.717) is 15.6 Å². The first-order valence-electron chi connectivity index (χ1n) is 6.25. The molecule has 0 aliphatic carbocycles. The topological polar surface area (TPSA) is 59.3 Å². The zero-order valence-electron chi connectivity index (χ0n) is 10.9. The van der Waals surface area contributed by atoms with Crippen LogP contribution in [0.3, 0.4) is 0 Å². The molecule has 1 heterocycles. The summed E-state index contributed by atoms with van der Waals surface area (Å²) in [4.78, 5) is 0.149. The Labute approximate surface area is 130 Å². The third-order valence-electron chi connectivity index (χ3n) is 3.31. The van der Waals surface area contributed by atoms with Crippen LogP contribution in [-0.2, 0) is 16.6 Å². The number of benzene rings is 2. The minimum absolute atomic E-state index is 0.149. The molecule has 0 bridgehead atoms. The molecule has 108 valence electrons. The monoisotopic (exact) mass is 365 g/mol. The second kappa shape index (κ2) is 5.29. The van der Waals surface area contributed by atoms with E-state index in [4.69, 9.17) is 0 Å². The Morgan fingerprint density at radius 3 is 2.62 bits per heavy atom. The smallest absolute Gasteiger partial charge is 0.268 e. The predicted molar refractivity (Wildman–Crippen MR) is 84.6 cm³/mol. The SMILES string of the molecule is O=S(=O)(c1ccc(Br)c(CO)c1)n1ccc2ccccc21. The van der Waals surface area contributed by atoms with Gasteiger partial charge < -0.3 is 5.11 Å². The van der Waals surface area contributed by atoms with Gasteiger partial charge in [-0.2, -0.15) is 0 Å². The summed E-state index contributed by atoms with van der Waals surface area (Å²) in [5, 5.41) is 10.1. The molecule has 0 aliphatic rings. The standard InChI is InChI=1S/C15H12BrNO3S/c16-14-6-5-13(9-12(14)10-18)21(19,20)17-8-7-11-3-1-2-4-15(11)17/h1-9,18H,10H2. The molecule has 0 aliphatic heterocycles.